The van der Waals surface area contributed by atoms with Gasteiger partial charge in [-0.2, -0.15) is 0 Å². The summed E-state index contributed by atoms with van der Waals surface area (Å²) in [6.45, 7) is 0. The van der Waals surface area contributed by atoms with Gasteiger partial charge < -0.3 is 45.9 Å². The van der Waals surface area contributed by atoms with E-state index in [9.17, 15) is 14.4 Å². The lowest BCUT2D eigenvalue weighted by Gasteiger charge is -2.17. The number of anilines is 4. The molecule has 6 rings (SSSR count). The molecular formula is C29H23FN8O4S. The summed E-state index contributed by atoms with van der Waals surface area (Å²) in [5.41, 5.74) is 4.05. The van der Waals surface area contributed by atoms with Gasteiger partial charge in [-0.1, -0.05) is 12.1 Å². The molecule has 0 atom stereocenters. The predicted molar refractivity (Wildman–Crippen MR) is 169 cm³/mol. The highest BCUT2D eigenvalue weighted by molar-refractivity contribution is 7.80. The fourth-order valence-electron chi connectivity index (χ4n) is 4.65. The summed E-state index contributed by atoms with van der Waals surface area (Å²) in [6.07, 6.45) is 0. The topological polar surface area (TPSA) is 172 Å². The summed E-state index contributed by atoms with van der Waals surface area (Å²) in [6, 6.07) is 18.9. The molecule has 0 aliphatic rings. The molecule has 8 N–H and O–H groups in total. The van der Waals surface area contributed by atoms with Crippen LogP contribution in [0.4, 0.5) is 31.9 Å². The van der Waals surface area contributed by atoms with E-state index in [-0.39, 0.29) is 27.7 Å². The standard InChI is InChI=1S/C29H23FN8O4S/c1-42-24-4-2-3-17(25(24)38-26(39)31-15-6-9-20-22(12-15)36-27(40)34-20)18-11-14(5-8-19(18)30)32-29(43)33-16-7-10-21-23(13-16)37-28(41)35-21/h2-13H,1H3,(H2,31,38,39)(H2,32,33,43)(H2,34,36,40)(H2,35,37,41). The number of carbonyl (C=O) groups is 1. The molecule has 4 aromatic carbocycles. The highest BCUT2D eigenvalue weighted by Crippen LogP contribution is 2.38. The first-order valence-electron chi connectivity index (χ1n) is 12.8. The minimum Gasteiger partial charge on any atom is -0.495 e. The molecule has 0 unspecified atom stereocenters. The van der Waals surface area contributed by atoms with Crippen LogP contribution in [0.3, 0.4) is 0 Å². The number of rotatable bonds is 6. The van der Waals surface area contributed by atoms with Crippen LogP contribution in [0, 0.1) is 5.82 Å². The quantitative estimate of drug-likeness (QED) is 0.120. The average Bonchev–Trinajstić information content (AvgIpc) is 3.53. The number of aromatic amines is 4. The number of fused-ring (bicyclic) bond motifs is 2. The molecule has 0 bridgehead atoms. The molecule has 12 nitrogen and oxygen atoms in total. The monoisotopic (exact) mass is 598 g/mol. The van der Waals surface area contributed by atoms with Crippen LogP contribution in [0.2, 0.25) is 0 Å². The minimum atomic E-state index is -0.608. The molecule has 0 aliphatic carbocycles. The molecule has 14 heteroatoms. The van der Waals surface area contributed by atoms with Crippen molar-refractivity contribution in [3.8, 4) is 16.9 Å². The van der Waals surface area contributed by atoms with Gasteiger partial charge in [0.25, 0.3) is 0 Å². The largest absolute Gasteiger partial charge is 0.495 e. The summed E-state index contributed by atoms with van der Waals surface area (Å²) >= 11 is 5.45. The van der Waals surface area contributed by atoms with E-state index in [1.54, 1.807) is 60.7 Å². The number of aromatic nitrogens is 4. The van der Waals surface area contributed by atoms with Gasteiger partial charge in [-0.05, 0) is 72.9 Å². The number of imidazole rings is 2. The molecule has 0 aliphatic heterocycles. The fourth-order valence-corrected chi connectivity index (χ4v) is 4.89. The van der Waals surface area contributed by atoms with Crippen LogP contribution in [0.25, 0.3) is 33.2 Å². The zero-order valence-electron chi connectivity index (χ0n) is 22.3. The zero-order chi connectivity index (χ0) is 30.1. The zero-order valence-corrected chi connectivity index (χ0v) is 23.2. The van der Waals surface area contributed by atoms with Crippen molar-refractivity contribution < 1.29 is 13.9 Å². The molecule has 43 heavy (non-hydrogen) atoms. The maximum atomic E-state index is 15.2. The van der Waals surface area contributed by atoms with Crippen LogP contribution in [0.1, 0.15) is 0 Å². The number of hydrogen-bond acceptors (Lipinski definition) is 5. The van der Waals surface area contributed by atoms with Crippen LogP contribution in [0.15, 0.2) is 82.4 Å². The van der Waals surface area contributed by atoms with Crippen molar-refractivity contribution in [2.75, 3.05) is 28.4 Å². The Morgan fingerprint density at radius 3 is 1.88 bits per heavy atom. The summed E-state index contributed by atoms with van der Waals surface area (Å²) in [7, 11) is 1.44. The number of urea groups is 1. The first-order valence-corrected chi connectivity index (χ1v) is 13.2. The number of para-hydroxylation sites is 1. The van der Waals surface area contributed by atoms with Crippen molar-refractivity contribution in [3.63, 3.8) is 0 Å². The molecule has 0 fully saturated rings. The number of hydrogen-bond donors (Lipinski definition) is 8. The van der Waals surface area contributed by atoms with Gasteiger partial charge in [0.05, 0.1) is 34.9 Å². The molecule has 0 radical (unpaired) electrons. The predicted octanol–water partition coefficient (Wildman–Crippen LogP) is 5.29. The van der Waals surface area contributed by atoms with Gasteiger partial charge in [0.1, 0.15) is 11.6 Å². The molecule has 6 aromatic rings. The Morgan fingerprint density at radius 2 is 1.26 bits per heavy atom. The van der Waals surface area contributed by atoms with E-state index >= 15 is 4.39 Å². The second-order valence-corrected chi connectivity index (χ2v) is 9.82. The Kier molecular flexibility index (Phi) is 7.09. The van der Waals surface area contributed by atoms with E-state index in [1.807, 2.05) is 0 Å². The van der Waals surface area contributed by atoms with E-state index in [0.717, 1.165) is 0 Å². The maximum absolute atomic E-state index is 15.2. The third-order valence-electron chi connectivity index (χ3n) is 6.55. The van der Waals surface area contributed by atoms with Gasteiger partial charge in [0, 0.05) is 28.2 Å². The number of halogens is 1. The molecule has 216 valence electrons. The Hall–Kier alpha value is -5.89. The molecule has 2 heterocycles. The smallest absolute Gasteiger partial charge is 0.323 e. The highest BCUT2D eigenvalue weighted by atomic mass is 32.1. The lowest BCUT2D eigenvalue weighted by Crippen LogP contribution is -2.20. The summed E-state index contributed by atoms with van der Waals surface area (Å²) < 4.78 is 20.7. The third-order valence-corrected chi connectivity index (χ3v) is 6.75. The Labute approximate surface area is 246 Å². The maximum Gasteiger partial charge on any atom is 0.323 e. The highest BCUT2D eigenvalue weighted by Gasteiger charge is 2.18. The summed E-state index contributed by atoms with van der Waals surface area (Å²) in [5, 5.41) is 11.8. The van der Waals surface area contributed by atoms with Gasteiger partial charge >= 0.3 is 17.4 Å². The van der Waals surface area contributed by atoms with Crippen molar-refractivity contribution in [1.82, 2.24) is 19.9 Å². The molecule has 0 saturated carbocycles. The van der Waals surface area contributed by atoms with Crippen LogP contribution in [-0.4, -0.2) is 38.2 Å². The number of H-pyrrole nitrogens is 4. The van der Waals surface area contributed by atoms with Gasteiger partial charge in [0.2, 0.25) is 0 Å². The van der Waals surface area contributed by atoms with E-state index in [1.165, 1.54) is 19.2 Å². The van der Waals surface area contributed by atoms with Gasteiger partial charge in [-0.15, -0.1) is 0 Å². The fraction of sp³-hybridized carbons (Fsp3) is 0.0345. The van der Waals surface area contributed by atoms with E-state index in [4.69, 9.17) is 17.0 Å². The first kappa shape index (κ1) is 27.3. The van der Waals surface area contributed by atoms with Crippen molar-refractivity contribution in [2.45, 2.75) is 0 Å². The van der Waals surface area contributed by atoms with Crippen molar-refractivity contribution >= 4 is 68.2 Å². The van der Waals surface area contributed by atoms with E-state index < -0.39 is 11.8 Å². The van der Waals surface area contributed by atoms with E-state index in [2.05, 4.69) is 41.2 Å². The van der Waals surface area contributed by atoms with Crippen LogP contribution >= 0.6 is 12.2 Å². The Balaban J connectivity index is 1.23. The second kappa shape index (κ2) is 11.2. The van der Waals surface area contributed by atoms with Gasteiger partial charge in [-0.25, -0.2) is 18.8 Å². The minimum absolute atomic E-state index is 0.180. The molecule has 2 amide bonds. The van der Waals surface area contributed by atoms with Gasteiger partial charge in [-0.3, -0.25) is 0 Å². The van der Waals surface area contributed by atoms with Gasteiger partial charge in [0.15, 0.2) is 5.11 Å². The lowest BCUT2D eigenvalue weighted by molar-refractivity contribution is 0.262. The number of methoxy groups -OCH3 is 1. The number of amides is 2. The molecule has 0 spiro atoms. The number of nitrogens with one attached hydrogen (secondary N) is 8. The first-order chi connectivity index (χ1) is 20.7. The Bertz CT molecular complexity index is 2150. The lowest BCUT2D eigenvalue weighted by atomic mass is 10.0. The average molecular weight is 599 g/mol. The third kappa shape index (κ3) is 5.80. The molecule has 0 saturated heterocycles. The SMILES string of the molecule is COc1cccc(-c2cc(NC(=S)Nc3ccc4[nH]c(=O)[nH]c4c3)ccc2F)c1NC(=O)Nc1ccc2[nH]c(=O)[nH]c2c1. The number of thiocarbonyl (C=S) groups is 1. The number of benzene rings is 4. The normalized spacial score (nSPS) is 10.9. The van der Waals surface area contributed by atoms with Crippen molar-refractivity contribution in [2.24, 2.45) is 0 Å². The summed E-state index contributed by atoms with van der Waals surface area (Å²) in [5.74, 6) is -0.226. The number of ether oxygens (including phenoxy) is 1. The van der Waals surface area contributed by atoms with Crippen LogP contribution in [0.5, 0.6) is 5.75 Å². The Morgan fingerprint density at radius 1 is 0.698 bits per heavy atom. The van der Waals surface area contributed by atoms with Crippen molar-refractivity contribution in [3.05, 3.63) is 99.6 Å². The summed E-state index contributed by atoms with van der Waals surface area (Å²) in [4.78, 5) is 46.8. The van der Waals surface area contributed by atoms with Crippen LogP contribution < -0.4 is 37.4 Å². The van der Waals surface area contributed by atoms with Crippen molar-refractivity contribution in [1.29, 1.82) is 0 Å². The molecular weight excluding hydrogens is 575 g/mol. The molecule has 2 aromatic heterocycles. The number of carbonyl (C=O) groups excluding carboxylic acids is 1. The van der Waals surface area contributed by atoms with E-state index in [0.29, 0.717) is 50.4 Å². The van der Waals surface area contributed by atoms with Crippen LogP contribution in [-0.2, 0) is 0 Å². The second-order valence-electron chi connectivity index (χ2n) is 9.41.